The molecule has 2 aliphatic rings. The summed E-state index contributed by atoms with van der Waals surface area (Å²) in [6, 6.07) is 0. The van der Waals surface area contributed by atoms with E-state index in [4.69, 9.17) is 0 Å². The fraction of sp³-hybridized carbons (Fsp3) is 0.857. The van der Waals surface area contributed by atoms with Crippen LogP contribution in [0.2, 0.25) is 0 Å². The Hall–Kier alpha value is -0.720. The molecule has 0 aromatic heterocycles. The molecule has 122 valence electrons. The number of hydrogen-bond donors (Lipinski definition) is 0. The van der Waals surface area contributed by atoms with Gasteiger partial charge in [-0.3, -0.25) is 0 Å². The molecule has 0 N–H and O–H groups in total. The van der Waals surface area contributed by atoms with Crippen LogP contribution in [0.1, 0.15) is 52.9 Å². The molecule has 0 unspecified atom stereocenters. The van der Waals surface area contributed by atoms with Crippen molar-refractivity contribution in [2.24, 2.45) is 16.7 Å². The molecule has 0 saturated heterocycles. The van der Waals surface area contributed by atoms with Crippen molar-refractivity contribution in [2.45, 2.75) is 58.4 Å². The normalized spacial score (nSPS) is 33.0. The van der Waals surface area contributed by atoms with Crippen LogP contribution in [0.4, 0.5) is 13.2 Å². The number of allylic oxidation sites excluding steroid dienone is 2. The summed E-state index contributed by atoms with van der Waals surface area (Å²) < 4.78 is 63.8. The first-order valence-electron chi connectivity index (χ1n) is 7.10. The Kier molecular flexibility index (Phi) is 3.88. The van der Waals surface area contributed by atoms with Gasteiger partial charge in [-0.25, -0.2) is 0 Å². The summed E-state index contributed by atoms with van der Waals surface area (Å²) in [4.78, 5) is 0. The van der Waals surface area contributed by atoms with E-state index in [1.54, 1.807) is 6.08 Å². The van der Waals surface area contributed by atoms with Gasteiger partial charge in [0.05, 0.1) is 0 Å². The number of alkyl halides is 3. The summed E-state index contributed by atoms with van der Waals surface area (Å²) in [5, 5.41) is 0. The average molecular weight is 326 g/mol. The molecule has 1 fully saturated rings. The molecule has 2 rings (SSSR count). The van der Waals surface area contributed by atoms with Crippen molar-refractivity contribution < 1.29 is 25.8 Å². The molecule has 3 nitrogen and oxygen atoms in total. The van der Waals surface area contributed by atoms with E-state index in [9.17, 15) is 21.6 Å². The second kappa shape index (κ2) is 4.89. The Balaban J connectivity index is 2.26. The average Bonchev–Trinajstić information content (AvgIpc) is 2.24. The number of fused-ring (bicyclic) bond motifs is 1. The molecule has 2 aliphatic carbocycles. The van der Waals surface area contributed by atoms with Gasteiger partial charge in [-0.1, -0.05) is 27.2 Å². The van der Waals surface area contributed by atoms with Crippen LogP contribution >= 0.6 is 0 Å². The van der Waals surface area contributed by atoms with E-state index in [0.29, 0.717) is 12.3 Å². The molecule has 0 aromatic carbocycles. The van der Waals surface area contributed by atoms with Crippen molar-refractivity contribution in [1.29, 1.82) is 0 Å². The van der Waals surface area contributed by atoms with Gasteiger partial charge >= 0.3 is 15.6 Å². The second-order valence-corrected chi connectivity index (χ2v) is 8.57. The smallest absolute Gasteiger partial charge is 0.381 e. The molecule has 7 heteroatoms. The minimum Gasteiger partial charge on any atom is -0.381 e. The molecule has 1 saturated carbocycles. The number of halogens is 3. The first kappa shape index (κ1) is 16.6. The van der Waals surface area contributed by atoms with Crippen LogP contribution in [0, 0.1) is 16.7 Å². The molecule has 0 aliphatic heterocycles. The van der Waals surface area contributed by atoms with Crippen LogP contribution in [0.5, 0.6) is 0 Å². The van der Waals surface area contributed by atoms with Gasteiger partial charge in [0.1, 0.15) is 5.76 Å². The van der Waals surface area contributed by atoms with Crippen LogP contribution in [-0.2, 0) is 14.3 Å². The molecule has 21 heavy (non-hydrogen) atoms. The molecular weight excluding hydrogens is 305 g/mol. The van der Waals surface area contributed by atoms with Crippen LogP contribution in [-0.4, -0.2) is 13.9 Å². The van der Waals surface area contributed by atoms with Crippen molar-refractivity contribution >= 4 is 10.1 Å². The third-order valence-electron chi connectivity index (χ3n) is 4.95. The topological polar surface area (TPSA) is 43.4 Å². The molecule has 0 spiro atoms. The van der Waals surface area contributed by atoms with Crippen molar-refractivity contribution in [1.82, 2.24) is 0 Å². The molecule has 2 atom stereocenters. The zero-order valence-electron chi connectivity index (χ0n) is 12.5. The Morgan fingerprint density at radius 2 is 1.86 bits per heavy atom. The monoisotopic (exact) mass is 326 g/mol. The first-order chi connectivity index (χ1) is 9.37. The van der Waals surface area contributed by atoms with Crippen molar-refractivity contribution in [3.05, 3.63) is 11.8 Å². The maximum atomic E-state index is 12.4. The number of rotatable bonds is 2. The van der Waals surface area contributed by atoms with Crippen LogP contribution < -0.4 is 0 Å². The number of hydrogen-bond acceptors (Lipinski definition) is 3. The Bertz CT molecular complexity index is 548. The summed E-state index contributed by atoms with van der Waals surface area (Å²) in [7, 11) is -5.56. The Morgan fingerprint density at radius 3 is 2.43 bits per heavy atom. The zero-order chi connectivity index (χ0) is 16.1. The molecule has 0 bridgehead atoms. The largest absolute Gasteiger partial charge is 0.534 e. The summed E-state index contributed by atoms with van der Waals surface area (Å²) >= 11 is 0. The van der Waals surface area contributed by atoms with Crippen molar-refractivity contribution in [3.63, 3.8) is 0 Å². The maximum Gasteiger partial charge on any atom is 0.534 e. The highest BCUT2D eigenvalue weighted by Crippen LogP contribution is 2.56. The lowest BCUT2D eigenvalue weighted by molar-refractivity contribution is -0.0532. The minimum atomic E-state index is -5.56. The van der Waals surface area contributed by atoms with Gasteiger partial charge in [0.25, 0.3) is 0 Å². The van der Waals surface area contributed by atoms with E-state index in [1.807, 2.05) is 6.92 Å². The standard InChI is InChI=1S/C14H21F3O3S/c1-12(2)7-4-8-13(3)9-10(5-6-11(12)13)20-21(18,19)14(15,16)17/h9,11H,4-8H2,1-3H3/t11-,13-/m1/s1. The fourth-order valence-corrected chi connectivity index (χ4v) is 4.55. The van der Waals surface area contributed by atoms with Crippen molar-refractivity contribution in [2.75, 3.05) is 0 Å². The summed E-state index contributed by atoms with van der Waals surface area (Å²) in [5.74, 6) is 0.267. The van der Waals surface area contributed by atoms with Crippen LogP contribution in [0.25, 0.3) is 0 Å². The SMILES string of the molecule is CC1(C)CCC[C@]2(C)C=C(OS(=O)(=O)C(F)(F)F)CC[C@H]12. The van der Waals surface area contributed by atoms with Crippen molar-refractivity contribution in [3.8, 4) is 0 Å². The van der Waals surface area contributed by atoms with Gasteiger partial charge in [-0.2, -0.15) is 21.6 Å². The lowest BCUT2D eigenvalue weighted by atomic mass is 9.53. The first-order valence-corrected chi connectivity index (χ1v) is 8.51. The van der Waals surface area contributed by atoms with E-state index in [0.717, 1.165) is 19.3 Å². The van der Waals surface area contributed by atoms with Gasteiger partial charge in [-0.15, -0.1) is 0 Å². The zero-order valence-corrected chi connectivity index (χ0v) is 13.3. The highest BCUT2D eigenvalue weighted by molar-refractivity contribution is 7.87. The molecule has 0 amide bonds. The summed E-state index contributed by atoms with van der Waals surface area (Å²) in [5.41, 5.74) is -5.56. The fourth-order valence-electron chi connectivity index (χ4n) is 4.04. The van der Waals surface area contributed by atoms with E-state index >= 15 is 0 Å². The van der Waals surface area contributed by atoms with Crippen LogP contribution in [0.15, 0.2) is 11.8 Å². The van der Waals surface area contributed by atoms with Gasteiger partial charge in [-0.05, 0) is 42.1 Å². The lowest BCUT2D eigenvalue weighted by Gasteiger charge is -2.51. The molecular formula is C14H21F3O3S. The van der Waals surface area contributed by atoms with Crippen LogP contribution in [0.3, 0.4) is 0 Å². The molecule has 0 aromatic rings. The predicted octanol–water partition coefficient (Wildman–Crippen LogP) is 4.36. The third kappa shape index (κ3) is 3.07. The minimum absolute atomic E-state index is 0.0659. The van der Waals surface area contributed by atoms with Gasteiger partial charge in [0, 0.05) is 6.42 Å². The molecule has 0 heterocycles. The van der Waals surface area contributed by atoms with E-state index in [-0.39, 0.29) is 23.0 Å². The highest BCUT2D eigenvalue weighted by atomic mass is 32.2. The van der Waals surface area contributed by atoms with E-state index < -0.39 is 15.6 Å². The Morgan fingerprint density at radius 1 is 1.24 bits per heavy atom. The quantitative estimate of drug-likeness (QED) is 0.559. The second-order valence-electron chi connectivity index (χ2n) is 7.03. The third-order valence-corrected chi connectivity index (χ3v) is 5.95. The molecule has 0 radical (unpaired) electrons. The van der Waals surface area contributed by atoms with E-state index in [2.05, 4.69) is 18.0 Å². The predicted molar refractivity (Wildman–Crippen MR) is 72.6 cm³/mol. The maximum absolute atomic E-state index is 12.4. The highest BCUT2D eigenvalue weighted by Gasteiger charge is 2.51. The lowest BCUT2D eigenvalue weighted by Crippen LogP contribution is -2.43. The van der Waals surface area contributed by atoms with Gasteiger partial charge < -0.3 is 4.18 Å². The van der Waals surface area contributed by atoms with Gasteiger partial charge in [0.2, 0.25) is 0 Å². The summed E-state index contributed by atoms with van der Waals surface area (Å²) in [6.07, 6.45) is 5.42. The van der Waals surface area contributed by atoms with Gasteiger partial charge in [0.15, 0.2) is 0 Å². The Labute approximate surface area is 123 Å². The summed E-state index contributed by atoms with van der Waals surface area (Å²) in [6.45, 7) is 6.32. The van der Waals surface area contributed by atoms with E-state index in [1.165, 1.54) is 0 Å².